The molecule has 0 bridgehead atoms. The van der Waals surface area contributed by atoms with Crippen LogP contribution in [0.4, 0.5) is 0 Å². The minimum Gasteiger partial charge on any atom is -0.491 e. The Bertz CT molecular complexity index is 1080. The Morgan fingerprint density at radius 2 is 2.03 bits per heavy atom. The number of carbonyl (C=O) groups excluding carboxylic acids is 2. The molecule has 0 saturated carbocycles. The van der Waals surface area contributed by atoms with Crippen molar-refractivity contribution >= 4 is 29.1 Å². The van der Waals surface area contributed by atoms with Crippen molar-refractivity contribution < 1.29 is 14.3 Å². The lowest BCUT2D eigenvalue weighted by atomic mass is 10.1. The summed E-state index contributed by atoms with van der Waals surface area (Å²) in [5.41, 5.74) is 1.41. The van der Waals surface area contributed by atoms with E-state index in [0.29, 0.717) is 47.2 Å². The second kappa shape index (κ2) is 8.71. The van der Waals surface area contributed by atoms with Gasteiger partial charge in [0.1, 0.15) is 17.9 Å². The van der Waals surface area contributed by atoms with E-state index >= 15 is 0 Å². The zero-order valence-electron chi connectivity index (χ0n) is 16.6. The van der Waals surface area contributed by atoms with E-state index in [2.05, 4.69) is 10.1 Å². The summed E-state index contributed by atoms with van der Waals surface area (Å²) in [7, 11) is 1.76. The van der Waals surface area contributed by atoms with E-state index in [1.165, 1.54) is 0 Å². The maximum atomic E-state index is 13.2. The lowest BCUT2D eigenvalue weighted by Crippen LogP contribution is -2.37. The molecule has 156 valence electrons. The SMILES string of the molecule is CN1CCCCN(C(=O)c2cnn3cccnc23)CCOc2ccc(Cl)cc2C1=O. The predicted octanol–water partition coefficient (Wildman–Crippen LogP) is 2.77. The van der Waals surface area contributed by atoms with Crippen LogP contribution in [0.2, 0.25) is 5.02 Å². The number of halogens is 1. The van der Waals surface area contributed by atoms with E-state index in [-0.39, 0.29) is 18.4 Å². The van der Waals surface area contributed by atoms with Crippen LogP contribution in [-0.4, -0.2) is 69.5 Å². The van der Waals surface area contributed by atoms with Crippen LogP contribution < -0.4 is 4.74 Å². The summed E-state index contributed by atoms with van der Waals surface area (Å²) in [4.78, 5) is 33.6. The van der Waals surface area contributed by atoms with Crippen molar-refractivity contribution in [3.05, 3.63) is 59.0 Å². The Hall–Kier alpha value is -3.13. The largest absolute Gasteiger partial charge is 0.491 e. The highest BCUT2D eigenvalue weighted by molar-refractivity contribution is 6.31. The highest BCUT2D eigenvalue weighted by atomic mass is 35.5. The van der Waals surface area contributed by atoms with Crippen molar-refractivity contribution in [3.8, 4) is 5.75 Å². The molecule has 9 heteroatoms. The maximum Gasteiger partial charge on any atom is 0.259 e. The summed E-state index contributed by atoms with van der Waals surface area (Å²) in [6.07, 6.45) is 6.48. The highest BCUT2D eigenvalue weighted by Crippen LogP contribution is 2.25. The van der Waals surface area contributed by atoms with E-state index in [1.807, 2.05) is 0 Å². The van der Waals surface area contributed by atoms with Crippen molar-refractivity contribution in [2.24, 2.45) is 0 Å². The molecular weight excluding hydrogens is 406 g/mol. The molecule has 8 nitrogen and oxygen atoms in total. The van der Waals surface area contributed by atoms with Crippen molar-refractivity contribution in [1.82, 2.24) is 24.4 Å². The van der Waals surface area contributed by atoms with Crippen LogP contribution >= 0.6 is 11.6 Å². The molecule has 1 aliphatic rings. The summed E-state index contributed by atoms with van der Waals surface area (Å²) in [6, 6.07) is 6.76. The van der Waals surface area contributed by atoms with Crippen LogP contribution in [0, 0.1) is 0 Å². The van der Waals surface area contributed by atoms with Crippen LogP contribution in [0.5, 0.6) is 5.75 Å². The number of hydrogen-bond donors (Lipinski definition) is 0. The molecule has 0 aliphatic carbocycles. The van der Waals surface area contributed by atoms with Crippen molar-refractivity contribution in [2.45, 2.75) is 12.8 Å². The molecule has 0 radical (unpaired) electrons. The van der Waals surface area contributed by atoms with Gasteiger partial charge in [0.15, 0.2) is 5.65 Å². The molecular formula is C21H22ClN5O3. The average molecular weight is 428 g/mol. The smallest absolute Gasteiger partial charge is 0.259 e. The van der Waals surface area contributed by atoms with Gasteiger partial charge >= 0.3 is 0 Å². The molecule has 0 unspecified atom stereocenters. The molecule has 2 aromatic heterocycles. The topological polar surface area (TPSA) is 80.0 Å². The van der Waals surface area contributed by atoms with Crippen LogP contribution in [0.25, 0.3) is 5.65 Å². The third-order valence-corrected chi connectivity index (χ3v) is 5.34. The zero-order chi connectivity index (χ0) is 21.1. The van der Waals surface area contributed by atoms with Gasteiger partial charge < -0.3 is 14.5 Å². The third-order valence-electron chi connectivity index (χ3n) is 5.11. The molecule has 2 amide bonds. The summed E-state index contributed by atoms with van der Waals surface area (Å²) in [6.45, 7) is 1.77. The molecule has 0 atom stereocenters. The third kappa shape index (κ3) is 4.09. The van der Waals surface area contributed by atoms with E-state index in [0.717, 1.165) is 12.8 Å². The fraction of sp³-hybridized carbons (Fsp3) is 0.333. The minimum absolute atomic E-state index is 0.126. The van der Waals surface area contributed by atoms with E-state index in [1.54, 1.807) is 64.2 Å². The molecule has 4 rings (SSSR count). The van der Waals surface area contributed by atoms with E-state index < -0.39 is 0 Å². The predicted molar refractivity (Wildman–Crippen MR) is 112 cm³/mol. The second-order valence-corrected chi connectivity index (χ2v) is 7.60. The van der Waals surface area contributed by atoms with Gasteiger partial charge in [-0.1, -0.05) is 11.6 Å². The van der Waals surface area contributed by atoms with Gasteiger partial charge in [0, 0.05) is 37.6 Å². The lowest BCUT2D eigenvalue weighted by molar-refractivity contribution is 0.0705. The van der Waals surface area contributed by atoms with Gasteiger partial charge in [0.25, 0.3) is 11.8 Å². The first-order chi connectivity index (χ1) is 14.5. The number of rotatable bonds is 1. The molecule has 3 heterocycles. The van der Waals surface area contributed by atoms with Gasteiger partial charge in [0.2, 0.25) is 0 Å². The lowest BCUT2D eigenvalue weighted by Gasteiger charge is -2.25. The van der Waals surface area contributed by atoms with Crippen LogP contribution in [0.15, 0.2) is 42.9 Å². The van der Waals surface area contributed by atoms with Gasteiger partial charge in [-0.05, 0) is 37.1 Å². The summed E-state index contributed by atoms with van der Waals surface area (Å²) in [5, 5.41) is 4.69. The Kier molecular flexibility index (Phi) is 5.85. The molecule has 0 saturated heterocycles. The van der Waals surface area contributed by atoms with E-state index in [4.69, 9.17) is 16.3 Å². The average Bonchev–Trinajstić information content (AvgIpc) is 3.18. The number of carbonyl (C=O) groups is 2. The molecule has 1 aliphatic heterocycles. The van der Waals surface area contributed by atoms with E-state index in [9.17, 15) is 9.59 Å². The second-order valence-electron chi connectivity index (χ2n) is 7.16. The fourth-order valence-electron chi connectivity index (χ4n) is 3.48. The number of benzene rings is 1. The van der Waals surface area contributed by atoms with Crippen LogP contribution in [0.1, 0.15) is 33.6 Å². The minimum atomic E-state index is -0.134. The molecule has 30 heavy (non-hydrogen) atoms. The number of ether oxygens (including phenoxy) is 1. The molecule has 0 N–H and O–H groups in total. The Morgan fingerprint density at radius 1 is 1.20 bits per heavy atom. The van der Waals surface area contributed by atoms with Crippen molar-refractivity contribution in [1.29, 1.82) is 0 Å². The molecule has 0 spiro atoms. The van der Waals surface area contributed by atoms with Gasteiger partial charge in [-0.3, -0.25) is 9.59 Å². The number of fused-ring (bicyclic) bond motifs is 2. The first-order valence-corrected chi connectivity index (χ1v) is 10.2. The standard InChI is InChI=1S/C21H22ClN5O3/c1-25-8-2-3-9-26(21(29)17-14-24-27-10-4-7-23-19(17)27)11-12-30-18-6-5-15(22)13-16(18)20(25)28/h4-7,10,13-14H,2-3,8-9,11-12H2,1H3. The molecule has 1 aromatic carbocycles. The zero-order valence-corrected chi connectivity index (χ0v) is 17.4. The normalized spacial score (nSPS) is 15.9. The quantitative estimate of drug-likeness (QED) is 0.596. The number of aromatic nitrogens is 3. The fourth-order valence-corrected chi connectivity index (χ4v) is 3.66. The van der Waals surface area contributed by atoms with Gasteiger partial charge in [-0.15, -0.1) is 0 Å². The summed E-state index contributed by atoms with van der Waals surface area (Å²) < 4.78 is 7.47. The molecule has 0 fully saturated rings. The van der Waals surface area contributed by atoms with Crippen molar-refractivity contribution in [3.63, 3.8) is 0 Å². The Morgan fingerprint density at radius 3 is 2.90 bits per heavy atom. The van der Waals surface area contributed by atoms with Crippen LogP contribution in [-0.2, 0) is 0 Å². The van der Waals surface area contributed by atoms with Gasteiger partial charge in [-0.2, -0.15) is 5.10 Å². The van der Waals surface area contributed by atoms with Crippen LogP contribution in [0.3, 0.4) is 0 Å². The maximum absolute atomic E-state index is 13.2. The first-order valence-electron chi connectivity index (χ1n) is 9.80. The van der Waals surface area contributed by atoms with Crippen molar-refractivity contribution in [2.75, 3.05) is 33.3 Å². The Labute approximate surface area is 179 Å². The number of nitrogens with zero attached hydrogens (tertiary/aromatic N) is 5. The number of amides is 2. The number of hydrogen-bond acceptors (Lipinski definition) is 5. The van der Waals surface area contributed by atoms with Gasteiger partial charge in [0.05, 0.1) is 18.3 Å². The summed E-state index contributed by atoms with van der Waals surface area (Å²) in [5.74, 6) is 0.199. The molecule has 3 aromatic rings. The first kappa shape index (κ1) is 20.2. The monoisotopic (exact) mass is 427 g/mol. The highest BCUT2D eigenvalue weighted by Gasteiger charge is 2.23. The Balaban J connectivity index is 1.57. The van der Waals surface area contributed by atoms with Gasteiger partial charge in [-0.25, -0.2) is 9.50 Å². The summed E-state index contributed by atoms with van der Waals surface area (Å²) >= 11 is 6.09.